The summed E-state index contributed by atoms with van der Waals surface area (Å²) in [6.07, 6.45) is 2.63. The number of amides is 1. The second-order valence-corrected chi connectivity index (χ2v) is 3.50. The topological polar surface area (TPSA) is 59.0 Å². The van der Waals surface area contributed by atoms with Gasteiger partial charge in [-0.1, -0.05) is 0 Å². The molecule has 1 atom stereocenters. The van der Waals surface area contributed by atoms with Crippen molar-refractivity contribution in [2.75, 3.05) is 13.1 Å². The molecule has 0 aliphatic carbocycles. The monoisotopic (exact) mass is 194 g/mol. The van der Waals surface area contributed by atoms with E-state index in [-0.39, 0.29) is 11.9 Å². The molecule has 0 saturated carbocycles. The Bertz CT molecular complexity index is 327. The van der Waals surface area contributed by atoms with Gasteiger partial charge in [-0.25, -0.2) is 0 Å². The smallest absolute Gasteiger partial charge is 0.269 e. The standard InChI is InChI=1S/C9H14N4O/c1-13-8(3-5-11-13)9(14)12-7-2-4-10-6-7/h3,5,7,10H,2,4,6H2,1H3,(H,12,14). The number of hydrogen-bond acceptors (Lipinski definition) is 3. The highest BCUT2D eigenvalue weighted by atomic mass is 16.2. The van der Waals surface area contributed by atoms with Gasteiger partial charge in [0.15, 0.2) is 0 Å². The Morgan fingerprint density at radius 1 is 1.79 bits per heavy atom. The summed E-state index contributed by atoms with van der Waals surface area (Å²) < 4.78 is 1.58. The summed E-state index contributed by atoms with van der Waals surface area (Å²) in [4.78, 5) is 11.7. The third-order valence-electron chi connectivity index (χ3n) is 2.45. The van der Waals surface area contributed by atoms with Gasteiger partial charge >= 0.3 is 0 Å². The van der Waals surface area contributed by atoms with Gasteiger partial charge < -0.3 is 10.6 Å². The maximum atomic E-state index is 11.7. The number of aromatic nitrogens is 2. The van der Waals surface area contributed by atoms with Crippen LogP contribution < -0.4 is 10.6 Å². The molecule has 5 nitrogen and oxygen atoms in total. The van der Waals surface area contributed by atoms with E-state index in [4.69, 9.17) is 0 Å². The molecule has 1 aromatic rings. The summed E-state index contributed by atoms with van der Waals surface area (Å²) in [7, 11) is 1.77. The first-order valence-electron chi connectivity index (χ1n) is 4.77. The minimum atomic E-state index is -0.0429. The maximum absolute atomic E-state index is 11.7. The summed E-state index contributed by atoms with van der Waals surface area (Å²) in [5.41, 5.74) is 0.608. The predicted molar refractivity (Wildman–Crippen MR) is 51.9 cm³/mol. The molecular weight excluding hydrogens is 180 g/mol. The summed E-state index contributed by atoms with van der Waals surface area (Å²) in [6.45, 7) is 1.85. The van der Waals surface area contributed by atoms with Crippen molar-refractivity contribution in [2.24, 2.45) is 7.05 Å². The number of hydrogen-bond donors (Lipinski definition) is 2. The molecule has 0 spiro atoms. The van der Waals surface area contributed by atoms with Gasteiger partial charge in [0, 0.05) is 25.8 Å². The van der Waals surface area contributed by atoms with Crippen LogP contribution in [0.25, 0.3) is 0 Å². The van der Waals surface area contributed by atoms with Crippen LogP contribution in [0.5, 0.6) is 0 Å². The van der Waals surface area contributed by atoms with Crippen molar-refractivity contribution in [3.8, 4) is 0 Å². The highest BCUT2D eigenvalue weighted by molar-refractivity contribution is 5.92. The van der Waals surface area contributed by atoms with E-state index < -0.39 is 0 Å². The van der Waals surface area contributed by atoms with Crippen molar-refractivity contribution >= 4 is 5.91 Å². The van der Waals surface area contributed by atoms with E-state index >= 15 is 0 Å². The Kier molecular flexibility index (Phi) is 2.49. The predicted octanol–water partition coefficient (Wildman–Crippen LogP) is -0.488. The quantitative estimate of drug-likeness (QED) is 0.668. The van der Waals surface area contributed by atoms with Crippen LogP contribution in [0.2, 0.25) is 0 Å². The fourth-order valence-electron chi connectivity index (χ4n) is 1.63. The molecule has 0 radical (unpaired) electrons. The number of aryl methyl sites for hydroxylation is 1. The van der Waals surface area contributed by atoms with Crippen molar-refractivity contribution in [1.29, 1.82) is 0 Å². The largest absolute Gasteiger partial charge is 0.347 e. The van der Waals surface area contributed by atoms with E-state index in [0.717, 1.165) is 19.5 Å². The zero-order valence-electron chi connectivity index (χ0n) is 8.16. The number of carbonyl (C=O) groups is 1. The molecular formula is C9H14N4O. The van der Waals surface area contributed by atoms with Crippen LogP contribution in [0.3, 0.4) is 0 Å². The highest BCUT2D eigenvalue weighted by Crippen LogP contribution is 2.01. The van der Waals surface area contributed by atoms with E-state index in [9.17, 15) is 4.79 Å². The summed E-state index contributed by atoms with van der Waals surface area (Å²) in [5.74, 6) is -0.0429. The Morgan fingerprint density at radius 2 is 2.64 bits per heavy atom. The fraction of sp³-hybridized carbons (Fsp3) is 0.556. The van der Waals surface area contributed by atoms with E-state index in [1.54, 1.807) is 24.0 Å². The first-order chi connectivity index (χ1) is 6.77. The molecule has 0 aromatic carbocycles. The van der Waals surface area contributed by atoms with Crippen molar-refractivity contribution in [3.63, 3.8) is 0 Å². The minimum absolute atomic E-state index is 0.0429. The van der Waals surface area contributed by atoms with Gasteiger partial charge in [0.05, 0.1) is 0 Å². The van der Waals surface area contributed by atoms with Gasteiger partial charge in [0.1, 0.15) is 5.69 Å². The van der Waals surface area contributed by atoms with Crippen LogP contribution in [-0.2, 0) is 7.05 Å². The van der Waals surface area contributed by atoms with E-state index in [2.05, 4.69) is 15.7 Å². The third-order valence-corrected chi connectivity index (χ3v) is 2.45. The first kappa shape index (κ1) is 9.21. The lowest BCUT2D eigenvalue weighted by Gasteiger charge is -2.10. The van der Waals surface area contributed by atoms with Gasteiger partial charge in [-0.3, -0.25) is 9.48 Å². The normalized spacial score (nSPS) is 21.1. The second kappa shape index (κ2) is 3.79. The molecule has 1 unspecified atom stereocenters. The number of carbonyl (C=O) groups excluding carboxylic acids is 1. The lowest BCUT2D eigenvalue weighted by molar-refractivity contribution is 0.0930. The molecule has 1 amide bonds. The molecule has 14 heavy (non-hydrogen) atoms. The van der Waals surface area contributed by atoms with Gasteiger partial charge in [-0.05, 0) is 19.0 Å². The van der Waals surface area contributed by atoms with Gasteiger partial charge in [-0.15, -0.1) is 0 Å². The molecule has 1 aliphatic rings. The zero-order valence-corrected chi connectivity index (χ0v) is 8.16. The zero-order chi connectivity index (χ0) is 9.97. The number of nitrogens with one attached hydrogen (secondary N) is 2. The van der Waals surface area contributed by atoms with Crippen LogP contribution in [0.1, 0.15) is 16.9 Å². The molecule has 1 fully saturated rings. The fourth-order valence-corrected chi connectivity index (χ4v) is 1.63. The third kappa shape index (κ3) is 1.77. The van der Waals surface area contributed by atoms with E-state index in [0.29, 0.717) is 5.69 Å². The lowest BCUT2D eigenvalue weighted by atomic mass is 10.2. The average Bonchev–Trinajstić information content (AvgIpc) is 2.75. The van der Waals surface area contributed by atoms with Crippen LogP contribution in [-0.4, -0.2) is 34.8 Å². The summed E-state index contributed by atoms with van der Waals surface area (Å²) in [5, 5.41) is 10.1. The van der Waals surface area contributed by atoms with Crippen molar-refractivity contribution < 1.29 is 4.79 Å². The van der Waals surface area contributed by atoms with Crippen molar-refractivity contribution in [3.05, 3.63) is 18.0 Å². The molecule has 2 rings (SSSR count). The molecule has 1 saturated heterocycles. The van der Waals surface area contributed by atoms with Crippen LogP contribution in [0.15, 0.2) is 12.3 Å². The maximum Gasteiger partial charge on any atom is 0.269 e. The molecule has 0 bridgehead atoms. The molecule has 76 valence electrons. The first-order valence-corrected chi connectivity index (χ1v) is 4.77. The van der Waals surface area contributed by atoms with Crippen molar-refractivity contribution in [2.45, 2.75) is 12.5 Å². The SMILES string of the molecule is Cn1nccc1C(=O)NC1CCNC1. The highest BCUT2D eigenvalue weighted by Gasteiger charge is 2.18. The van der Waals surface area contributed by atoms with E-state index in [1.807, 2.05) is 0 Å². The number of rotatable bonds is 2. The van der Waals surface area contributed by atoms with E-state index in [1.165, 1.54) is 0 Å². The van der Waals surface area contributed by atoms with Crippen LogP contribution in [0, 0.1) is 0 Å². The molecule has 1 aromatic heterocycles. The van der Waals surface area contributed by atoms with Crippen molar-refractivity contribution in [1.82, 2.24) is 20.4 Å². The van der Waals surface area contributed by atoms with Crippen LogP contribution in [0.4, 0.5) is 0 Å². The molecule has 5 heteroatoms. The molecule has 2 N–H and O–H groups in total. The summed E-state index contributed by atoms with van der Waals surface area (Å²) >= 11 is 0. The summed E-state index contributed by atoms with van der Waals surface area (Å²) in [6, 6.07) is 1.98. The Balaban J connectivity index is 1.98. The van der Waals surface area contributed by atoms with Gasteiger partial charge in [0.2, 0.25) is 0 Å². The minimum Gasteiger partial charge on any atom is -0.347 e. The molecule has 2 heterocycles. The Morgan fingerprint density at radius 3 is 3.21 bits per heavy atom. The Labute approximate surface area is 82.5 Å². The van der Waals surface area contributed by atoms with Gasteiger partial charge in [0.25, 0.3) is 5.91 Å². The van der Waals surface area contributed by atoms with Crippen LogP contribution >= 0.6 is 0 Å². The average molecular weight is 194 g/mol. The second-order valence-electron chi connectivity index (χ2n) is 3.50. The Hall–Kier alpha value is -1.36. The number of nitrogens with zero attached hydrogens (tertiary/aromatic N) is 2. The lowest BCUT2D eigenvalue weighted by Crippen LogP contribution is -2.37. The molecule has 1 aliphatic heterocycles. The van der Waals surface area contributed by atoms with Gasteiger partial charge in [-0.2, -0.15) is 5.10 Å².